The summed E-state index contributed by atoms with van der Waals surface area (Å²) in [6.45, 7) is 0. The third-order valence-electron chi connectivity index (χ3n) is 0. The molecule has 0 aromatic heterocycles. The van der Waals surface area contributed by atoms with Crippen LogP contribution in [0.25, 0.3) is 0 Å². The molecule has 3 heteroatoms. The van der Waals surface area contributed by atoms with Crippen LogP contribution >= 0.6 is 0 Å². The number of rotatable bonds is 0. The van der Waals surface area contributed by atoms with Crippen LogP contribution in [0.2, 0.25) is 0 Å². The quantitative estimate of drug-likeness (QED) is 0.431. The predicted molar refractivity (Wildman–Crippen MR) is 12.5 cm³/mol. The Morgan fingerprint density at radius 1 is 1.00 bits per heavy atom. The Labute approximate surface area is 65.6 Å². The van der Waals surface area contributed by atoms with Crippen molar-refractivity contribution in [1.82, 2.24) is 0 Å². The summed E-state index contributed by atoms with van der Waals surface area (Å²) in [7, 11) is 0. The zero-order chi connectivity index (χ0) is 0. The summed E-state index contributed by atoms with van der Waals surface area (Å²) in [6.07, 6.45) is 0. The molecule has 0 saturated carbocycles. The summed E-state index contributed by atoms with van der Waals surface area (Å²) in [4.78, 5) is 0. The molecule has 0 fully saturated rings. The van der Waals surface area contributed by atoms with E-state index in [1.807, 2.05) is 0 Å². The maximum atomic E-state index is 0. The summed E-state index contributed by atoms with van der Waals surface area (Å²) in [5.41, 5.74) is 0. The minimum Gasteiger partial charge on any atom is -0.0776 e. The fourth-order valence-corrected chi connectivity index (χ4v) is 0. The van der Waals surface area contributed by atoms with Gasteiger partial charge in [0.05, 0.1) is 0 Å². The molecule has 0 amide bonds. The van der Waals surface area contributed by atoms with Gasteiger partial charge in [-0.15, -0.1) is 0 Å². The van der Waals surface area contributed by atoms with Gasteiger partial charge in [-0.1, -0.05) is 7.43 Å². The topological polar surface area (TPSA) is 0 Å². The molecule has 0 aromatic rings. The second-order valence-corrected chi connectivity index (χ2v) is 0. The van der Waals surface area contributed by atoms with Crippen LogP contribution in [0.15, 0.2) is 0 Å². The molecule has 0 bridgehead atoms. The van der Waals surface area contributed by atoms with E-state index in [-0.39, 0.29) is 66.1 Å². The molecule has 0 aliphatic rings. The maximum Gasteiger partial charge on any atom is 0 e. The van der Waals surface area contributed by atoms with E-state index < -0.39 is 0 Å². The van der Waals surface area contributed by atoms with E-state index in [0.29, 0.717) is 0 Å². The van der Waals surface area contributed by atoms with Gasteiger partial charge in [0.25, 0.3) is 0 Å². The fraction of sp³-hybridized carbons (Fsp3) is 1.00. The van der Waals surface area contributed by atoms with Gasteiger partial charge in [0.15, 0.2) is 0 Å². The van der Waals surface area contributed by atoms with Crippen molar-refractivity contribution in [3.8, 4) is 0 Å². The predicted octanol–water partition coefficient (Wildman–Crippen LogP) is 0.250. The molecule has 0 atom stereocenters. The molecule has 0 heterocycles. The van der Waals surface area contributed by atoms with Crippen molar-refractivity contribution in [2.45, 2.75) is 7.43 Å². The second-order valence-electron chi connectivity index (χ2n) is 0. The Morgan fingerprint density at radius 2 is 1.00 bits per heavy atom. The zero-order valence-electron chi connectivity index (χ0n) is 1.51. The Hall–Kier alpha value is 1.87. The van der Waals surface area contributed by atoms with Gasteiger partial charge in [-0.2, -0.15) is 0 Å². The van der Waals surface area contributed by atoms with Gasteiger partial charge in [0.1, 0.15) is 0 Å². The SMILES string of the molecule is C.[Fe].[Mg].[V]. The fourth-order valence-electron chi connectivity index (χ4n) is 0. The van der Waals surface area contributed by atoms with Crippen LogP contribution < -0.4 is 0 Å². The summed E-state index contributed by atoms with van der Waals surface area (Å²) in [6, 6.07) is 0. The van der Waals surface area contributed by atoms with Crippen molar-refractivity contribution in [3.63, 3.8) is 0 Å². The van der Waals surface area contributed by atoms with Crippen molar-refractivity contribution < 1.29 is 35.6 Å². The molecule has 0 nitrogen and oxygen atoms in total. The number of hydrogen-bond donors (Lipinski definition) is 0. The van der Waals surface area contributed by atoms with Crippen molar-refractivity contribution >= 4 is 23.1 Å². The molecule has 0 N–H and O–H groups in total. The third kappa shape index (κ3) is 9.12. The van der Waals surface area contributed by atoms with Gasteiger partial charge in [0.2, 0.25) is 0 Å². The minimum atomic E-state index is 0. The first-order valence-corrected chi connectivity index (χ1v) is 0. The number of hydrogen-bond acceptors (Lipinski definition) is 0. The van der Waals surface area contributed by atoms with Crippen molar-refractivity contribution in [2.24, 2.45) is 0 Å². The van der Waals surface area contributed by atoms with Crippen molar-refractivity contribution in [1.29, 1.82) is 0 Å². The van der Waals surface area contributed by atoms with E-state index in [0.717, 1.165) is 0 Å². The Morgan fingerprint density at radius 3 is 1.00 bits per heavy atom. The molecule has 3 radical (unpaired) electrons. The Kier molecular flexibility index (Phi) is 208. The Balaban J connectivity index is 0. The van der Waals surface area contributed by atoms with Crippen molar-refractivity contribution in [3.05, 3.63) is 0 Å². The summed E-state index contributed by atoms with van der Waals surface area (Å²) < 4.78 is 0. The molecule has 0 aliphatic carbocycles. The van der Waals surface area contributed by atoms with Gasteiger partial charge in [-0.05, 0) is 0 Å². The summed E-state index contributed by atoms with van der Waals surface area (Å²) in [5, 5.41) is 0. The van der Waals surface area contributed by atoms with E-state index in [1.54, 1.807) is 0 Å². The molecule has 0 rings (SSSR count). The maximum absolute atomic E-state index is 0. The molecule has 0 unspecified atom stereocenters. The van der Waals surface area contributed by atoms with Crippen LogP contribution in [0.1, 0.15) is 7.43 Å². The minimum absolute atomic E-state index is 0. The van der Waals surface area contributed by atoms with E-state index in [1.165, 1.54) is 0 Å². The first kappa shape index (κ1) is 39.8. The zero-order valence-corrected chi connectivity index (χ0v) is 5.42. The van der Waals surface area contributed by atoms with Gasteiger partial charge < -0.3 is 0 Å². The van der Waals surface area contributed by atoms with Crippen LogP contribution in [0, 0.1) is 0 Å². The smallest absolute Gasteiger partial charge is 0 e. The van der Waals surface area contributed by atoms with Crippen LogP contribution in [0.5, 0.6) is 0 Å². The van der Waals surface area contributed by atoms with E-state index >= 15 is 0 Å². The summed E-state index contributed by atoms with van der Waals surface area (Å²) in [5.74, 6) is 0. The van der Waals surface area contributed by atoms with E-state index in [2.05, 4.69) is 0 Å². The van der Waals surface area contributed by atoms with E-state index in [4.69, 9.17) is 0 Å². The van der Waals surface area contributed by atoms with Crippen LogP contribution in [0.3, 0.4) is 0 Å². The largest absolute Gasteiger partial charge is 0.0776 e. The molecular weight excluding hydrogens is 143 g/mol. The molecule has 0 aliphatic heterocycles. The molecule has 4 heavy (non-hydrogen) atoms. The second kappa shape index (κ2) is 20.9. The average Bonchev–Trinajstić information content (AvgIpc) is 0. The van der Waals surface area contributed by atoms with Crippen LogP contribution in [-0.4, -0.2) is 23.1 Å². The Bertz CT molecular complexity index is 8.00. The monoisotopic (exact) mass is 147 g/mol. The average molecular weight is 147 g/mol. The van der Waals surface area contributed by atoms with Crippen LogP contribution in [-0.2, 0) is 35.6 Å². The third-order valence-corrected chi connectivity index (χ3v) is 0. The standard InChI is InChI=1S/CH4.Fe.Mg.V/h1H4;;;. The molecule has 23 valence electrons. The van der Waals surface area contributed by atoms with Gasteiger partial charge >= 0.3 is 0 Å². The van der Waals surface area contributed by atoms with Crippen molar-refractivity contribution in [2.75, 3.05) is 0 Å². The normalized spacial score (nSPS) is 0. The molecule has 0 spiro atoms. The van der Waals surface area contributed by atoms with Crippen LogP contribution in [0.4, 0.5) is 0 Å². The van der Waals surface area contributed by atoms with Gasteiger partial charge in [-0.3, -0.25) is 0 Å². The first-order chi connectivity index (χ1) is 0. The van der Waals surface area contributed by atoms with Gasteiger partial charge in [-0.25, -0.2) is 0 Å². The first-order valence-electron chi connectivity index (χ1n) is 0. The molecular formula is CH4FeMgV. The van der Waals surface area contributed by atoms with E-state index in [9.17, 15) is 0 Å². The van der Waals surface area contributed by atoms with Gasteiger partial charge in [0, 0.05) is 58.7 Å². The summed E-state index contributed by atoms with van der Waals surface area (Å²) >= 11 is 0. The molecule has 0 saturated heterocycles. The molecule has 0 aromatic carbocycles.